The monoisotopic (exact) mass is 401 g/mol. The Morgan fingerprint density at radius 3 is 2.76 bits per heavy atom. The average Bonchev–Trinajstić information content (AvgIpc) is 3.32. The number of likely N-dealkylation sites (tertiary alicyclic amines) is 1. The van der Waals surface area contributed by atoms with Gasteiger partial charge < -0.3 is 25.1 Å². The number of nitrogens with one attached hydrogen (secondary N) is 1. The van der Waals surface area contributed by atoms with E-state index in [1.807, 2.05) is 36.9 Å². The van der Waals surface area contributed by atoms with Gasteiger partial charge in [0.15, 0.2) is 0 Å². The number of carbonyl (C=O) groups is 2. The summed E-state index contributed by atoms with van der Waals surface area (Å²) in [7, 11) is 1.64. The highest BCUT2D eigenvalue weighted by Gasteiger charge is 2.36. The lowest BCUT2D eigenvalue weighted by Crippen LogP contribution is -2.55. The molecule has 0 spiro atoms. The molecule has 0 aliphatic carbocycles. The predicted octanol–water partition coefficient (Wildman–Crippen LogP) is 2.46. The second-order valence-corrected chi connectivity index (χ2v) is 8.17. The first-order chi connectivity index (χ1) is 13.8. The largest absolute Gasteiger partial charge is 0.497 e. The molecule has 29 heavy (non-hydrogen) atoms. The van der Waals surface area contributed by atoms with Crippen LogP contribution in [0.3, 0.4) is 0 Å². The minimum atomic E-state index is -0.647. The number of carbonyl (C=O) groups excluding carboxylic acids is 2. The van der Waals surface area contributed by atoms with Crippen molar-refractivity contribution >= 4 is 22.8 Å². The van der Waals surface area contributed by atoms with Crippen LogP contribution in [0, 0.1) is 5.92 Å². The molecule has 0 saturated carbocycles. The molecule has 1 fully saturated rings. The SMILES string of the molecule is COc1ccc2occ(C[C@@H]3CCCN3C(=O)[C@@H](NC(=O)[C@H](C)N)C(C)C)c2c1. The second-order valence-electron chi connectivity index (χ2n) is 8.17. The molecular weight excluding hydrogens is 370 g/mol. The third-order valence-electron chi connectivity index (χ3n) is 5.62. The smallest absolute Gasteiger partial charge is 0.245 e. The molecule has 158 valence electrons. The minimum Gasteiger partial charge on any atom is -0.497 e. The first kappa shape index (κ1) is 21.2. The van der Waals surface area contributed by atoms with Crippen LogP contribution in [0.1, 0.15) is 39.2 Å². The van der Waals surface area contributed by atoms with Crippen molar-refractivity contribution in [3.8, 4) is 5.75 Å². The zero-order valence-electron chi connectivity index (χ0n) is 17.6. The van der Waals surface area contributed by atoms with Crippen molar-refractivity contribution in [3.63, 3.8) is 0 Å². The van der Waals surface area contributed by atoms with Gasteiger partial charge in [0.2, 0.25) is 11.8 Å². The van der Waals surface area contributed by atoms with Crippen molar-refractivity contribution in [1.29, 1.82) is 0 Å². The van der Waals surface area contributed by atoms with E-state index in [2.05, 4.69) is 5.32 Å². The maximum atomic E-state index is 13.3. The number of methoxy groups -OCH3 is 1. The highest BCUT2D eigenvalue weighted by atomic mass is 16.5. The molecule has 1 aromatic heterocycles. The fraction of sp³-hybridized carbons (Fsp3) is 0.545. The van der Waals surface area contributed by atoms with Gasteiger partial charge in [-0.25, -0.2) is 0 Å². The molecule has 0 radical (unpaired) electrons. The summed E-state index contributed by atoms with van der Waals surface area (Å²) in [5, 5.41) is 3.84. The zero-order chi connectivity index (χ0) is 21.1. The van der Waals surface area contributed by atoms with Crippen molar-refractivity contribution in [2.75, 3.05) is 13.7 Å². The first-order valence-electron chi connectivity index (χ1n) is 10.2. The lowest BCUT2D eigenvalue weighted by molar-refractivity contribution is -0.138. The van der Waals surface area contributed by atoms with E-state index in [1.54, 1.807) is 20.3 Å². The molecule has 1 aliphatic heterocycles. The third kappa shape index (κ3) is 4.56. The molecule has 1 aliphatic rings. The number of ether oxygens (including phenoxy) is 1. The van der Waals surface area contributed by atoms with E-state index in [0.717, 1.165) is 35.1 Å². The van der Waals surface area contributed by atoms with E-state index in [-0.39, 0.29) is 23.8 Å². The van der Waals surface area contributed by atoms with Crippen molar-refractivity contribution in [2.24, 2.45) is 11.7 Å². The van der Waals surface area contributed by atoms with Gasteiger partial charge in [0.1, 0.15) is 17.4 Å². The van der Waals surface area contributed by atoms with Crippen LogP contribution in [0.5, 0.6) is 5.75 Å². The van der Waals surface area contributed by atoms with Gasteiger partial charge in [-0.05, 0) is 50.3 Å². The summed E-state index contributed by atoms with van der Waals surface area (Å²) in [6, 6.07) is 4.58. The summed E-state index contributed by atoms with van der Waals surface area (Å²) >= 11 is 0. The zero-order valence-corrected chi connectivity index (χ0v) is 17.6. The summed E-state index contributed by atoms with van der Waals surface area (Å²) in [4.78, 5) is 27.3. The maximum Gasteiger partial charge on any atom is 0.245 e. The fourth-order valence-corrected chi connectivity index (χ4v) is 3.91. The van der Waals surface area contributed by atoms with Crippen LogP contribution < -0.4 is 15.8 Å². The summed E-state index contributed by atoms with van der Waals surface area (Å²) in [6.45, 7) is 6.18. The molecule has 1 saturated heterocycles. The van der Waals surface area contributed by atoms with E-state index < -0.39 is 12.1 Å². The molecule has 0 unspecified atom stereocenters. The highest BCUT2D eigenvalue weighted by Crippen LogP contribution is 2.30. The number of rotatable bonds is 7. The molecule has 2 heterocycles. The summed E-state index contributed by atoms with van der Waals surface area (Å²) in [5.41, 5.74) is 7.54. The Bertz CT molecular complexity index is 874. The van der Waals surface area contributed by atoms with Crippen LogP contribution in [-0.2, 0) is 16.0 Å². The van der Waals surface area contributed by atoms with Crippen LogP contribution in [-0.4, -0.2) is 48.5 Å². The van der Waals surface area contributed by atoms with E-state index in [0.29, 0.717) is 13.0 Å². The molecule has 1 aromatic carbocycles. The van der Waals surface area contributed by atoms with E-state index in [9.17, 15) is 9.59 Å². The molecular formula is C22H31N3O4. The fourth-order valence-electron chi connectivity index (χ4n) is 3.91. The number of hydrogen-bond acceptors (Lipinski definition) is 5. The van der Waals surface area contributed by atoms with Gasteiger partial charge in [0.25, 0.3) is 0 Å². The summed E-state index contributed by atoms with van der Waals surface area (Å²) < 4.78 is 11.0. The Balaban J connectivity index is 1.78. The van der Waals surface area contributed by atoms with Crippen molar-refractivity contribution < 1.29 is 18.7 Å². The van der Waals surface area contributed by atoms with E-state index in [1.165, 1.54) is 0 Å². The van der Waals surface area contributed by atoms with E-state index in [4.69, 9.17) is 14.9 Å². The molecule has 7 heteroatoms. The Labute approximate surface area is 171 Å². The van der Waals surface area contributed by atoms with Gasteiger partial charge in [0.05, 0.1) is 19.4 Å². The maximum absolute atomic E-state index is 13.3. The minimum absolute atomic E-state index is 0.0227. The van der Waals surface area contributed by atoms with Gasteiger partial charge in [-0.15, -0.1) is 0 Å². The number of amides is 2. The van der Waals surface area contributed by atoms with Gasteiger partial charge >= 0.3 is 0 Å². The summed E-state index contributed by atoms with van der Waals surface area (Å²) in [6.07, 6.45) is 4.34. The molecule has 3 rings (SSSR count). The van der Waals surface area contributed by atoms with Crippen LogP contribution in [0.2, 0.25) is 0 Å². The number of hydrogen-bond donors (Lipinski definition) is 2. The topological polar surface area (TPSA) is 97.8 Å². The lowest BCUT2D eigenvalue weighted by Gasteiger charge is -2.31. The van der Waals surface area contributed by atoms with Crippen LogP contribution in [0.15, 0.2) is 28.9 Å². The van der Waals surface area contributed by atoms with Gasteiger partial charge in [-0.3, -0.25) is 9.59 Å². The van der Waals surface area contributed by atoms with Crippen molar-refractivity contribution in [2.45, 2.75) is 58.2 Å². The standard InChI is InChI=1S/C22H31N3O4/c1-13(2)20(24-21(26)14(3)23)22(27)25-9-5-6-16(25)10-15-12-29-19-8-7-17(28-4)11-18(15)19/h7-8,11-14,16,20H,5-6,9-10,23H2,1-4H3,(H,24,26)/t14-,16-,20-/m0/s1. The Morgan fingerprint density at radius 1 is 1.34 bits per heavy atom. The Hall–Kier alpha value is -2.54. The van der Waals surface area contributed by atoms with Crippen LogP contribution >= 0.6 is 0 Å². The van der Waals surface area contributed by atoms with Crippen LogP contribution in [0.4, 0.5) is 0 Å². The number of nitrogens with two attached hydrogens (primary N) is 1. The first-order valence-corrected chi connectivity index (χ1v) is 10.2. The molecule has 7 nitrogen and oxygen atoms in total. The molecule has 2 aromatic rings. The number of nitrogens with zero attached hydrogens (tertiary/aromatic N) is 1. The number of fused-ring (bicyclic) bond motifs is 1. The second kappa shape index (κ2) is 8.86. The Morgan fingerprint density at radius 2 is 2.10 bits per heavy atom. The number of furan rings is 1. The molecule has 0 bridgehead atoms. The van der Waals surface area contributed by atoms with Crippen LogP contribution in [0.25, 0.3) is 11.0 Å². The normalized spacial score (nSPS) is 18.8. The van der Waals surface area contributed by atoms with Gasteiger partial charge in [-0.2, -0.15) is 0 Å². The molecule has 3 atom stereocenters. The number of benzene rings is 1. The molecule has 3 N–H and O–H groups in total. The van der Waals surface area contributed by atoms with E-state index >= 15 is 0 Å². The Kier molecular flexibility index (Phi) is 6.47. The summed E-state index contributed by atoms with van der Waals surface area (Å²) in [5.74, 6) is 0.408. The third-order valence-corrected chi connectivity index (χ3v) is 5.62. The molecule has 2 amide bonds. The highest BCUT2D eigenvalue weighted by molar-refractivity contribution is 5.90. The van der Waals surface area contributed by atoms with Gasteiger partial charge in [0, 0.05) is 23.5 Å². The quantitative estimate of drug-likeness (QED) is 0.743. The predicted molar refractivity (Wildman–Crippen MR) is 112 cm³/mol. The average molecular weight is 402 g/mol. The van der Waals surface area contributed by atoms with Crippen molar-refractivity contribution in [1.82, 2.24) is 10.2 Å². The van der Waals surface area contributed by atoms with Gasteiger partial charge in [-0.1, -0.05) is 13.8 Å². The lowest BCUT2D eigenvalue weighted by atomic mass is 9.99. The van der Waals surface area contributed by atoms with Crippen molar-refractivity contribution in [3.05, 3.63) is 30.0 Å².